The van der Waals surface area contributed by atoms with Crippen molar-refractivity contribution in [2.75, 3.05) is 0 Å². The van der Waals surface area contributed by atoms with E-state index in [0.717, 1.165) is 28.3 Å². The summed E-state index contributed by atoms with van der Waals surface area (Å²) in [7, 11) is 0. The van der Waals surface area contributed by atoms with Crippen LogP contribution in [0, 0.1) is 15.9 Å². The van der Waals surface area contributed by atoms with Crippen molar-refractivity contribution in [2.24, 2.45) is 0 Å². The van der Waals surface area contributed by atoms with Gasteiger partial charge in [-0.05, 0) is 23.6 Å². The van der Waals surface area contributed by atoms with Crippen LogP contribution in [0.3, 0.4) is 0 Å². The lowest BCUT2D eigenvalue weighted by Crippen LogP contribution is -2.08. The number of halogens is 1. The zero-order chi connectivity index (χ0) is 15.7. The predicted octanol–water partition coefficient (Wildman–Crippen LogP) is 4.17. The molecule has 22 heavy (non-hydrogen) atoms. The van der Waals surface area contributed by atoms with Crippen molar-refractivity contribution < 1.29 is 18.8 Å². The molecule has 5 nitrogen and oxygen atoms in total. The fourth-order valence-electron chi connectivity index (χ4n) is 1.95. The lowest BCUT2D eigenvalue weighted by molar-refractivity contribution is -0.385. The van der Waals surface area contributed by atoms with Gasteiger partial charge in [-0.3, -0.25) is 10.1 Å². The quantitative estimate of drug-likeness (QED) is 0.315. The second-order valence-corrected chi connectivity index (χ2v) is 5.49. The van der Waals surface area contributed by atoms with Crippen LogP contribution in [0.2, 0.25) is 0 Å². The number of carbonyl (C=O) groups is 1. The zero-order valence-electron chi connectivity index (χ0n) is 11.0. The first-order chi connectivity index (χ1) is 10.5. The van der Waals surface area contributed by atoms with Gasteiger partial charge in [0.2, 0.25) is 5.75 Å². The lowest BCUT2D eigenvalue weighted by atomic mass is 10.2. The van der Waals surface area contributed by atoms with Crippen LogP contribution in [0.25, 0.3) is 10.1 Å². The van der Waals surface area contributed by atoms with Crippen LogP contribution < -0.4 is 4.74 Å². The number of ether oxygens (including phenoxy) is 1. The minimum atomic E-state index is -0.755. The van der Waals surface area contributed by atoms with E-state index in [1.54, 1.807) is 6.07 Å². The molecule has 0 saturated heterocycles. The van der Waals surface area contributed by atoms with Crippen molar-refractivity contribution in [3.63, 3.8) is 0 Å². The summed E-state index contributed by atoms with van der Waals surface area (Å²) in [5.74, 6) is -1.88. The summed E-state index contributed by atoms with van der Waals surface area (Å²) >= 11 is 1.20. The largest absolute Gasteiger partial charge is 0.415 e. The van der Waals surface area contributed by atoms with Crippen LogP contribution in [0.4, 0.5) is 10.1 Å². The number of fused-ring (bicyclic) bond motifs is 1. The Hall–Kier alpha value is -2.80. The number of hydrogen-bond donors (Lipinski definition) is 0. The molecule has 110 valence electrons. The molecule has 0 aliphatic carbocycles. The molecule has 0 unspecified atom stereocenters. The normalized spacial score (nSPS) is 10.6. The average Bonchev–Trinajstić information content (AvgIpc) is 2.91. The Balaban J connectivity index is 1.94. The molecule has 3 aromatic rings. The van der Waals surface area contributed by atoms with E-state index in [0.29, 0.717) is 4.88 Å². The molecule has 0 bridgehead atoms. The van der Waals surface area contributed by atoms with E-state index in [4.69, 9.17) is 4.74 Å². The third kappa shape index (κ3) is 2.66. The number of thiophene rings is 1. The maximum atomic E-state index is 13.2. The second kappa shape index (κ2) is 5.53. The Morgan fingerprint density at radius 1 is 1.18 bits per heavy atom. The zero-order valence-corrected chi connectivity index (χ0v) is 11.8. The lowest BCUT2D eigenvalue weighted by Gasteiger charge is -2.03. The maximum Gasteiger partial charge on any atom is 0.353 e. The number of nitro groups is 1. The Morgan fingerprint density at radius 2 is 1.95 bits per heavy atom. The average molecular weight is 317 g/mol. The second-order valence-electron chi connectivity index (χ2n) is 4.41. The van der Waals surface area contributed by atoms with E-state index in [-0.39, 0.29) is 0 Å². The molecule has 1 aromatic heterocycles. The molecule has 0 aliphatic rings. The molecule has 0 spiro atoms. The minimum absolute atomic E-state index is 0.291. The Kier molecular flexibility index (Phi) is 3.56. The summed E-state index contributed by atoms with van der Waals surface area (Å²) in [5.41, 5.74) is -0.462. The van der Waals surface area contributed by atoms with Crippen molar-refractivity contribution in [1.82, 2.24) is 0 Å². The van der Waals surface area contributed by atoms with E-state index < -0.39 is 28.1 Å². The number of nitrogens with zero attached hydrogens (tertiary/aromatic N) is 1. The molecule has 0 amide bonds. The monoisotopic (exact) mass is 317 g/mol. The van der Waals surface area contributed by atoms with E-state index >= 15 is 0 Å². The van der Waals surface area contributed by atoms with Crippen molar-refractivity contribution in [1.29, 1.82) is 0 Å². The first-order valence-electron chi connectivity index (χ1n) is 6.19. The third-order valence-corrected chi connectivity index (χ3v) is 4.04. The van der Waals surface area contributed by atoms with Crippen LogP contribution in [0.1, 0.15) is 9.67 Å². The topological polar surface area (TPSA) is 69.4 Å². The van der Waals surface area contributed by atoms with Gasteiger partial charge in [-0.1, -0.05) is 18.2 Å². The summed E-state index contributed by atoms with van der Waals surface area (Å²) in [6, 6.07) is 11.7. The van der Waals surface area contributed by atoms with E-state index in [1.807, 2.05) is 24.3 Å². The maximum absolute atomic E-state index is 13.2. The van der Waals surface area contributed by atoms with E-state index in [2.05, 4.69) is 0 Å². The van der Waals surface area contributed by atoms with Gasteiger partial charge in [0.1, 0.15) is 10.7 Å². The van der Waals surface area contributed by atoms with Gasteiger partial charge in [0.05, 0.1) is 4.92 Å². The molecule has 0 aliphatic heterocycles. The highest BCUT2D eigenvalue weighted by Gasteiger charge is 2.21. The molecule has 0 radical (unpaired) electrons. The molecule has 3 rings (SSSR count). The molecular weight excluding hydrogens is 309 g/mol. The SMILES string of the molecule is O=C(Oc1cc(F)ccc1[N+](=O)[O-])c1cc2ccccc2s1. The Labute approximate surface area is 127 Å². The van der Waals surface area contributed by atoms with Crippen molar-refractivity contribution in [3.05, 3.63) is 69.3 Å². The third-order valence-electron chi connectivity index (χ3n) is 2.95. The highest BCUT2D eigenvalue weighted by atomic mass is 32.1. The highest BCUT2D eigenvalue weighted by Crippen LogP contribution is 2.30. The fraction of sp³-hybridized carbons (Fsp3) is 0. The molecule has 0 atom stereocenters. The summed E-state index contributed by atoms with van der Waals surface area (Å²) in [6.45, 7) is 0. The van der Waals surface area contributed by atoms with Gasteiger partial charge in [0.15, 0.2) is 0 Å². The van der Waals surface area contributed by atoms with Gasteiger partial charge in [0.25, 0.3) is 0 Å². The molecule has 2 aromatic carbocycles. The molecule has 7 heteroatoms. The first-order valence-corrected chi connectivity index (χ1v) is 7.01. The van der Waals surface area contributed by atoms with Crippen molar-refractivity contribution >= 4 is 33.1 Å². The molecule has 0 saturated carbocycles. The van der Waals surface area contributed by atoms with Crippen LogP contribution in [0.15, 0.2) is 48.5 Å². The number of hydrogen-bond acceptors (Lipinski definition) is 5. The van der Waals surface area contributed by atoms with Crippen LogP contribution in [-0.4, -0.2) is 10.9 Å². The Morgan fingerprint density at radius 3 is 2.68 bits per heavy atom. The van der Waals surface area contributed by atoms with Gasteiger partial charge in [-0.25, -0.2) is 9.18 Å². The van der Waals surface area contributed by atoms with Gasteiger partial charge in [-0.15, -0.1) is 11.3 Å². The summed E-state index contributed by atoms with van der Waals surface area (Å²) in [4.78, 5) is 22.6. The summed E-state index contributed by atoms with van der Waals surface area (Å²) in [5, 5.41) is 11.8. The van der Waals surface area contributed by atoms with Gasteiger partial charge in [-0.2, -0.15) is 0 Å². The first kappa shape index (κ1) is 14.2. The van der Waals surface area contributed by atoms with Crippen LogP contribution in [-0.2, 0) is 0 Å². The summed E-state index contributed by atoms with van der Waals surface area (Å²) < 4.78 is 19.1. The molecular formula is C15H8FNO4S. The number of nitro benzene ring substituents is 1. The van der Waals surface area contributed by atoms with Gasteiger partial charge >= 0.3 is 11.7 Å². The van der Waals surface area contributed by atoms with Gasteiger partial charge < -0.3 is 4.74 Å². The molecule has 0 N–H and O–H groups in total. The number of carbonyl (C=O) groups excluding carboxylic acids is 1. The fourth-order valence-corrected chi connectivity index (χ4v) is 2.89. The van der Waals surface area contributed by atoms with E-state index in [9.17, 15) is 19.3 Å². The van der Waals surface area contributed by atoms with E-state index in [1.165, 1.54) is 11.3 Å². The predicted molar refractivity (Wildman–Crippen MR) is 79.8 cm³/mol. The molecule has 1 heterocycles. The van der Waals surface area contributed by atoms with Crippen molar-refractivity contribution in [3.8, 4) is 5.75 Å². The Bertz CT molecular complexity index is 857. The highest BCUT2D eigenvalue weighted by molar-refractivity contribution is 7.20. The molecule has 0 fully saturated rings. The minimum Gasteiger partial charge on any atom is -0.415 e. The standard InChI is InChI=1S/C15H8FNO4S/c16-10-5-6-11(17(19)20)12(8-10)21-15(18)14-7-9-3-1-2-4-13(9)22-14/h1-8H. The number of benzene rings is 2. The van der Waals surface area contributed by atoms with Gasteiger partial charge in [0, 0.05) is 16.8 Å². The van der Waals surface area contributed by atoms with Crippen LogP contribution >= 0.6 is 11.3 Å². The van der Waals surface area contributed by atoms with Crippen LogP contribution in [0.5, 0.6) is 5.75 Å². The number of esters is 1. The van der Waals surface area contributed by atoms with Crippen molar-refractivity contribution in [2.45, 2.75) is 0 Å². The summed E-state index contributed by atoms with van der Waals surface area (Å²) in [6.07, 6.45) is 0. The number of rotatable bonds is 3. The smallest absolute Gasteiger partial charge is 0.353 e.